The molecule has 1 atom stereocenters. The molecule has 1 rings (SSSR count). The van der Waals surface area contributed by atoms with E-state index in [1.165, 1.54) is 7.05 Å². The number of hydrogen-bond acceptors (Lipinski definition) is 4. The summed E-state index contributed by atoms with van der Waals surface area (Å²) in [5, 5.41) is 3.19. The average molecular weight is 285 g/mol. The Morgan fingerprint density at radius 1 is 1.26 bits per heavy atom. The first-order chi connectivity index (χ1) is 8.92. The molecule has 0 radical (unpaired) electrons. The van der Waals surface area contributed by atoms with Gasteiger partial charge in [-0.05, 0) is 37.6 Å². The number of sulfonamides is 1. The van der Waals surface area contributed by atoms with Crippen molar-refractivity contribution in [3.05, 3.63) is 24.3 Å². The Hall–Kier alpha value is -1.11. The van der Waals surface area contributed by atoms with Crippen LogP contribution in [0, 0.1) is 11.8 Å². The molecule has 108 valence electrons. The van der Waals surface area contributed by atoms with E-state index >= 15 is 0 Å². The maximum atomic E-state index is 11.9. The summed E-state index contributed by atoms with van der Waals surface area (Å²) in [4.78, 5) is 0.261. The Kier molecular flexibility index (Phi) is 5.78. The number of anilines is 1. The average Bonchev–Trinajstić information content (AvgIpc) is 2.39. The predicted octanol–water partition coefficient (Wildman–Crippen LogP) is 1.24. The van der Waals surface area contributed by atoms with Gasteiger partial charge in [-0.25, -0.2) is 13.1 Å². The number of nitrogens with two attached hydrogens (primary N) is 1. The van der Waals surface area contributed by atoms with E-state index in [1.54, 1.807) is 18.2 Å². The van der Waals surface area contributed by atoms with Gasteiger partial charge in [-0.3, -0.25) is 0 Å². The summed E-state index contributed by atoms with van der Waals surface area (Å²) in [6.45, 7) is 5.45. The largest absolute Gasteiger partial charge is 0.384 e. The SMILES string of the molecule is CNS(=O)(=O)c1ccccc1NCC(CN)C(C)C. The topological polar surface area (TPSA) is 84.2 Å². The van der Waals surface area contributed by atoms with Gasteiger partial charge in [0.25, 0.3) is 0 Å². The standard InChI is InChI=1S/C13H23N3O2S/c1-10(2)11(8-14)9-16-12-6-4-5-7-13(12)19(17,18)15-3/h4-7,10-11,15-16H,8-9,14H2,1-3H3. The number of nitrogens with one attached hydrogen (secondary N) is 2. The lowest BCUT2D eigenvalue weighted by Crippen LogP contribution is -2.28. The van der Waals surface area contributed by atoms with Crippen LogP contribution in [0.4, 0.5) is 5.69 Å². The fraction of sp³-hybridized carbons (Fsp3) is 0.538. The van der Waals surface area contributed by atoms with Crippen LogP contribution in [-0.4, -0.2) is 28.6 Å². The first-order valence-electron chi connectivity index (χ1n) is 6.39. The molecule has 0 aliphatic heterocycles. The lowest BCUT2D eigenvalue weighted by molar-refractivity contribution is 0.413. The van der Waals surface area contributed by atoms with Crippen LogP contribution in [0.5, 0.6) is 0 Å². The Morgan fingerprint density at radius 2 is 1.89 bits per heavy atom. The molecule has 1 aromatic carbocycles. The van der Waals surface area contributed by atoms with E-state index in [1.807, 2.05) is 6.07 Å². The van der Waals surface area contributed by atoms with Crippen LogP contribution in [0.15, 0.2) is 29.2 Å². The van der Waals surface area contributed by atoms with Gasteiger partial charge in [0, 0.05) is 6.54 Å². The molecule has 0 aliphatic carbocycles. The molecule has 5 nitrogen and oxygen atoms in total. The van der Waals surface area contributed by atoms with Crippen molar-refractivity contribution < 1.29 is 8.42 Å². The van der Waals surface area contributed by atoms with Gasteiger partial charge >= 0.3 is 0 Å². The third kappa shape index (κ3) is 4.19. The lowest BCUT2D eigenvalue weighted by atomic mass is 9.96. The third-order valence-corrected chi connectivity index (χ3v) is 4.72. The molecular weight excluding hydrogens is 262 g/mol. The Bertz CT molecular complexity index is 500. The first kappa shape index (κ1) is 15.9. The molecule has 0 bridgehead atoms. The van der Waals surface area contributed by atoms with Gasteiger partial charge in [0.15, 0.2) is 0 Å². The molecule has 19 heavy (non-hydrogen) atoms. The molecule has 0 fully saturated rings. The van der Waals surface area contributed by atoms with Crippen molar-refractivity contribution in [2.24, 2.45) is 17.6 Å². The second-order valence-electron chi connectivity index (χ2n) is 4.82. The van der Waals surface area contributed by atoms with E-state index in [0.29, 0.717) is 30.6 Å². The van der Waals surface area contributed by atoms with E-state index in [4.69, 9.17) is 5.73 Å². The molecule has 4 N–H and O–H groups in total. The second-order valence-corrected chi connectivity index (χ2v) is 6.68. The Labute approximate surface area is 115 Å². The molecule has 1 aromatic rings. The highest BCUT2D eigenvalue weighted by atomic mass is 32.2. The van der Waals surface area contributed by atoms with Crippen LogP contribution in [0.3, 0.4) is 0 Å². The van der Waals surface area contributed by atoms with Gasteiger partial charge in [0.1, 0.15) is 4.90 Å². The summed E-state index contributed by atoms with van der Waals surface area (Å²) in [7, 11) is -2.04. The normalized spacial score (nSPS) is 13.5. The maximum absolute atomic E-state index is 11.9. The van der Waals surface area contributed by atoms with Crippen molar-refractivity contribution in [1.82, 2.24) is 4.72 Å². The van der Waals surface area contributed by atoms with Crippen LogP contribution in [0.25, 0.3) is 0 Å². The van der Waals surface area contributed by atoms with Crippen molar-refractivity contribution in [3.8, 4) is 0 Å². The van der Waals surface area contributed by atoms with Crippen LogP contribution in [-0.2, 0) is 10.0 Å². The van der Waals surface area contributed by atoms with E-state index in [-0.39, 0.29) is 4.90 Å². The minimum Gasteiger partial charge on any atom is -0.384 e. The Balaban J connectivity index is 2.91. The van der Waals surface area contributed by atoms with Gasteiger partial charge < -0.3 is 11.1 Å². The monoisotopic (exact) mass is 285 g/mol. The lowest BCUT2D eigenvalue weighted by Gasteiger charge is -2.21. The predicted molar refractivity (Wildman–Crippen MR) is 78.6 cm³/mol. The summed E-state index contributed by atoms with van der Waals surface area (Å²) in [6, 6.07) is 6.86. The van der Waals surface area contributed by atoms with Crippen molar-refractivity contribution >= 4 is 15.7 Å². The summed E-state index contributed by atoms with van der Waals surface area (Å²) >= 11 is 0. The first-order valence-corrected chi connectivity index (χ1v) is 7.87. The highest BCUT2D eigenvalue weighted by molar-refractivity contribution is 7.89. The number of benzene rings is 1. The van der Waals surface area contributed by atoms with Gasteiger partial charge in [-0.2, -0.15) is 0 Å². The highest BCUT2D eigenvalue weighted by Gasteiger charge is 2.17. The molecule has 0 saturated carbocycles. The van der Waals surface area contributed by atoms with E-state index in [0.717, 1.165) is 0 Å². The minimum absolute atomic E-state index is 0.261. The molecule has 0 aromatic heterocycles. The molecule has 0 aliphatic rings. The Morgan fingerprint density at radius 3 is 2.42 bits per heavy atom. The van der Waals surface area contributed by atoms with Crippen molar-refractivity contribution in [1.29, 1.82) is 0 Å². The van der Waals surface area contributed by atoms with Crippen molar-refractivity contribution in [2.45, 2.75) is 18.7 Å². The molecule has 0 amide bonds. The van der Waals surface area contributed by atoms with Gasteiger partial charge in [-0.15, -0.1) is 0 Å². The quantitative estimate of drug-likeness (QED) is 0.703. The molecule has 0 heterocycles. The van der Waals surface area contributed by atoms with Gasteiger partial charge in [0.05, 0.1) is 5.69 Å². The summed E-state index contributed by atoms with van der Waals surface area (Å²) in [6.07, 6.45) is 0. The summed E-state index contributed by atoms with van der Waals surface area (Å²) < 4.78 is 26.1. The molecular formula is C13H23N3O2S. The summed E-state index contributed by atoms with van der Waals surface area (Å²) in [5.41, 5.74) is 6.32. The molecule has 1 unspecified atom stereocenters. The van der Waals surface area contributed by atoms with Crippen LogP contribution in [0.1, 0.15) is 13.8 Å². The number of rotatable bonds is 7. The van der Waals surface area contributed by atoms with Crippen molar-refractivity contribution in [2.75, 3.05) is 25.5 Å². The maximum Gasteiger partial charge on any atom is 0.242 e. The fourth-order valence-corrected chi connectivity index (χ4v) is 2.70. The summed E-state index contributed by atoms with van der Waals surface area (Å²) in [5.74, 6) is 0.760. The molecule has 6 heteroatoms. The van der Waals surface area contributed by atoms with Crippen molar-refractivity contribution in [3.63, 3.8) is 0 Å². The molecule has 0 saturated heterocycles. The fourth-order valence-electron chi connectivity index (χ4n) is 1.79. The minimum atomic E-state index is -3.45. The zero-order valence-electron chi connectivity index (χ0n) is 11.7. The van der Waals surface area contributed by atoms with Gasteiger partial charge in [-0.1, -0.05) is 26.0 Å². The number of para-hydroxylation sites is 1. The smallest absolute Gasteiger partial charge is 0.242 e. The zero-order chi connectivity index (χ0) is 14.5. The highest BCUT2D eigenvalue weighted by Crippen LogP contribution is 2.21. The van der Waals surface area contributed by atoms with Crippen LogP contribution >= 0.6 is 0 Å². The van der Waals surface area contributed by atoms with Gasteiger partial charge in [0.2, 0.25) is 10.0 Å². The van der Waals surface area contributed by atoms with Crippen LogP contribution in [0.2, 0.25) is 0 Å². The zero-order valence-corrected chi connectivity index (χ0v) is 12.5. The van der Waals surface area contributed by atoms with E-state index in [9.17, 15) is 8.42 Å². The van der Waals surface area contributed by atoms with Crippen LogP contribution < -0.4 is 15.8 Å². The number of hydrogen-bond donors (Lipinski definition) is 3. The molecule has 0 spiro atoms. The van der Waals surface area contributed by atoms with E-state index in [2.05, 4.69) is 23.9 Å². The second kappa shape index (κ2) is 6.88. The third-order valence-electron chi connectivity index (χ3n) is 3.25. The van der Waals surface area contributed by atoms with E-state index < -0.39 is 10.0 Å².